The van der Waals surface area contributed by atoms with Crippen LogP contribution in [0.2, 0.25) is 0 Å². The summed E-state index contributed by atoms with van der Waals surface area (Å²) in [4.78, 5) is 22.3. The van der Waals surface area contributed by atoms with E-state index in [0.29, 0.717) is 16.3 Å². The maximum atomic E-state index is 12.3. The topological polar surface area (TPSA) is 88.9 Å². The van der Waals surface area contributed by atoms with Crippen LogP contribution < -0.4 is 10.3 Å². The van der Waals surface area contributed by atoms with Crippen LogP contribution in [0.1, 0.15) is 43.9 Å². The van der Waals surface area contributed by atoms with Gasteiger partial charge in [-0.3, -0.25) is 14.3 Å². The van der Waals surface area contributed by atoms with Crippen LogP contribution in [0.3, 0.4) is 0 Å². The molecule has 5 rings (SSSR count). The molecule has 1 aliphatic rings. The van der Waals surface area contributed by atoms with Gasteiger partial charge < -0.3 is 9.72 Å². The van der Waals surface area contributed by atoms with E-state index in [2.05, 4.69) is 36.6 Å². The van der Waals surface area contributed by atoms with Crippen molar-refractivity contribution in [1.29, 1.82) is 0 Å². The number of fused-ring (bicyclic) bond motifs is 1. The molecule has 0 spiro atoms. The molecule has 172 valence electrons. The predicted molar refractivity (Wildman–Crippen MR) is 132 cm³/mol. The number of H-pyrrole nitrogens is 1. The fraction of sp³-hybridized carbons (Fsp3) is 0.391. The highest BCUT2D eigenvalue weighted by Gasteiger charge is 2.25. The van der Waals surface area contributed by atoms with Crippen LogP contribution >= 0.6 is 23.1 Å². The summed E-state index contributed by atoms with van der Waals surface area (Å²) in [7, 11) is 1.66. The summed E-state index contributed by atoms with van der Waals surface area (Å²) >= 11 is 2.93. The zero-order valence-electron chi connectivity index (χ0n) is 18.7. The number of aromatic amines is 1. The number of ether oxygens (including phenoxy) is 1. The molecule has 1 unspecified atom stereocenters. The summed E-state index contributed by atoms with van der Waals surface area (Å²) in [6.45, 7) is 4.35. The first-order valence-electron chi connectivity index (χ1n) is 11.1. The van der Waals surface area contributed by atoms with Gasteiger partial charge in [-0.15, -0.1) is 21.5 Å². The minimum atomic E-state index is -0.0957. The van der Waals surface area contributed by atoms with E-state index in [1.54, 1.807) is 7.11 Å². The zero-order valence-corrected chi connectivity index (χ0v) is 20.3. The van der Waals surface area contributed by atoms with Gasteiger partial charge in [-0.25, -0.2) is 4.98 Å². The SMILES string of the molecule is COc1ccc(-n2c(SCc3nc4ccsc4c(=O)[nH]3)nnc2C(C)N2CCCCC2)cc1. The predicted octanol–water partition coefficient (Wildman–Crippen LogP) is 4.41. The van der Waals surface area contributed by atoms with E-state index in [-0.39, 0.29) is 11.6 Å². The van der Waals surface area contributed by atoms with Crippen LogP contribution in [0.25, 0.3) is 15.9 Å². The molecule has 33 heavy (non-hydrogen) atoms. The second kappa shape index (κ2) is 9.66. The Balaban J connectivity index is 1.47. The largest absolute Gasteiger partial charge is 0.497 e. The van der Waals surface area contributed by atoms with E-state index in [1.165, 1.54) is 42.4 Å². The summed E-state index contributed by atoms with van der Waals surface area (Å²) in [5.74, 6) is 2.84. The van der Waals surface area contributed by atoms with Crippen molar-refractivity contribution in [1.82, 2.24) is 29.6 Å². The first-order chi connectivity index (χ1) is 16.1. The van der Waals surface area contributed by atoms with Gasteiger partial charge in [0.1, 0.15) is 16.3 Å². The Morgan fingerprint density at radius 3 is 2.70 bits per heavy atom. The number of aromatic nitrogens is 5. The summed E-state index contributed by atoms with van der Waals surface area (Å²) in [5.41, 5.74) is 1.62. The van der Waals surface area contributed by atoms with E-state index in [0.717, 1.165) is 41.0 Å². The van der Waals surface area contributed by atoms with Crippen molar-refractivity contribution in [3.05, 3.63) is 57.7 Å². The van der Waals surface area contributed by atoms with Crippen molar-refractivity contribution in [3.63, 3.8) is 0 Å². The number of thioether (sulfide) groups is 1. The monoisotopic (exact) mass is 482 g/mol. The third-order valence-corrected chi connectivity index (χ3v) is 7.85. The van der Waals surface area contributed by atoms with Gasteiger partial charge in [0.05, 0.1) is 24.4 Å². The second-order valence-corrected chi connectivity index (χ2v) is 9.94. The number of rotatable bonds is 7. The molecule has 1 atom stereocenters. The molecule has 0 radical (unpaired) electrons. The van der Waals surface area contributed by atoms with Crippen LogP contribution in [0, 0.1) is 0 Å². The van der Waals surface area contributed by atoms with E-state index in [9.17, 15) is 4.79 Å². The molecular weight excluding hydrogens is 456 g/mol. The molecule has 1 fully saturated rings. The lowest BCUT2D eigenvalue weighted by Gasteiger charge is -2.31. The molecule has 0 bridgehead atoms. The molecule has 4 heterocycles. The number of methoxy groups -OCH3 is 1. The first-order valence-corrected chi connectivity index (χ1v) is 12.9. The molecule has 0 amide bonds. The quantitative estimate of drug-likeness (QED) is 0.390. The van der Waals surface area contributed by atoms with Gasteiger partial charge in [0, 0.05) is 5.69 Å². The molecule has 0 saturated carbocycles. The molecular formula is C23H26N6O2S2. The summed E-state index contributed by atoms with van der Waals surface area (Å²) in [6, 6.07) is 9.97. The van der Waals surface area contributed by atoms with Gasteiger partial charge in [0.2, 0.25) is 0 Å². The Bertz CT molecular complexity index is 1290. The highest BCUT2D eigenvalue weighted by molar-refractivity contribution is 7.98. The summed E-state index contributed by atoms with van der Waals surface area (Å²) in [6.07, 6.45) is 3.72. The molecule has 10 heteroatoms. The van der Waals surface area contributed by atoms with Gasteiger partial charge >= 0.3 is 0 Å². The number of benzene rings is 1. The van der Waals surface area contributed by atoms with Crippen molar-refractivity contribution >= 4 is 33.3 Å². The minimum Gasteiger partial charge on any atom is -0.497 e. The number of nitrogens with zero attached hydrogens (tertiary/aromatic N) is 5. The molecule has 1 saturated heterocycles. The summed E-state index contributed by atoms with van der Waals surface area (Å²) < 4.78 is 8.11. The smallest absolute Gasteiger partial charge is 0.268 e. The highest BCUT2D eigenvalue weighted by atomic mass is 32.2. The Kier molecular flexibility index (Phi) is 6.48. The third kappa shape index (κ3) is 4.55. The highest BCUT2D eigenvalue weighted by Crippen LogP contribution is 2.31. The fourth-order valence-electron chi connectivity index (χ4n) is 4.21. The molecule has 0 aliphatic carbocycles. The van der Waals surface area contributed by atoms with Crippen LogP contribution in [0.15, 0.2) is 45.7 Å². The van der Waals surface area contributed by atoms with Gasteiger partial charge in [0.25, 0.3) is 5.56 Å². The lowest BCUT2D eigenvalue weighted by Crippen LogP contribution is -2.33. The number of hydrogen-bond acceptors (Lipinski definition) is 8. The maximum Gasteiger partial charge on any atom is 0.268 e. The normalized spacial score (nSPS) is 15.7. The molecule has 1 N–H and O–H groups in total. The Hall–Kier alpha value is -2.69. The number of nitrogens with one attached hydrogen (secondary N) is 1. The van der Waals surface area contributed by atoms with E-state index in [4.69, 9.17) is 4.74 Å². The Labute approximate surface area is 200 Å². The van der Waals surface area contributed by atoms with Gasteiger partial charge in [-0.2, -0.15) is 0 Å². The number of hydrogen-bond donors (Lipinski definition) is 1. The third-order valence-electron chi connectivity index (χ3n) is 6.00. The Morgan fingerprint density at radius 2 is 1.94 bits per heavy atom. The second-order valence-electron chi connectivity index (χ2n) is 8.08. The molecule has 3 aromatic heterocycles. The number of thiophene rings is 1. The van der Waals surface area contributed by atoms with Crippen LogP contribution in [0.4, 0.5) is 0 Å². The lowest BCUT2D eigenvalue weighted by molar-refractivity contribution is 0.167. The molecule has 4 aromatic rings. The average molecular weight is 483 g/mol. The number of piperidine rings is 1. The first kappa shape index (κ1) is 22.1. The molecule has 1 aliphatic heterocycles. The van der Waals surface area contributed by atoms with Crippen LogP contribution in [-0.4, -0.2) is 49.8 Å². The van der Waals surface area contributed by atoms with Gasteiger partial charge in [-0.05, 0) is 68.6 Å². The van der Waals surface area contributed by atoms with Crippen molar-refractivity contribution in [2.75, 3.05) is 20.2 Å². The van der Waals surface area contributed by atoms with Crippen molar-refractivity contribution in [3.8, 4) is 11.4 Å². The van der Waals surface area contributed by atoms with Crippen molar-refractivity contribution < 1.29 is 4.74 Å². The van der Waals surface area contributed by atoms with Crippen LogP contribution in [-0.2, 0) is 5.75 Å². The summed E-state index contributed by atoms with van der Waals surface area (Å²) in [5, 5.41) is 11.8. The van der Waals surface area contributed by atoms with Gasteiger partial charge in [0.15, 0.2) is 11.0 Å². The molecule has 8 nitrogen and oxygen atoms in total. The van der Waals surface area contributed by atoms with Crippen LogP contribution in [0.5, 0.6) is 5.75 Å². The standard InChI is InChI=1S/C23H26N6O2S2/c1-15(28-11-4-3-5-12-28)21-26-27-23(29(21)16-6-8-17(31-2)9-7-16)33-14-19-24-18-10-13-32-20(18)22(30)25-19/h6-10,13,15H,3-5,11-12,14H2,1-2H3,(H,24,25,30). The zero-order chi connectivity index (χ0) is 22.8. The van der Waals surface area contributed by atoms with Crippen molar-refractivity contribution in [2.45, 2.75) is 43.1 Å². The Morgan fingerprint density at radius 1 is 1.15 bits per heavy atom. The minimum absolute atomic E-state index is 0.0957. The number of likely N-dealkylation sites (tertiary alicyclic amines) is 1. The van der Waals surface area contributed by atoms with E-state index in [1.807, 2.05) is 35.7 Å². The average Bonchev–Trinajstić information content (AvgIpc) is 3.50. The molecule has 1 aromatic carbocycles. The van der Waals surface area contributed by atoms with E-state index >= 15 is 0 Å². The van der Waals surface area contributed by atoms with E-state index < -0.39 is 0 Å². The van der Waals surface area contributed by atoms with Gasteiger partial charge in [-0.1, -0.05) is 18.2 Å². The fourth-order valence-corrected chi connectivity index (χ4v) is 5.77. The lowest BCUT2D eigenvalue weighted by atomic mass is 10.1. The maximum absolute atomic E-state index is 12.3. The van der Waals surface area contributed by atoms with Crippen molar-refractivity contribution in [2.24, 2.45) is 0 Å².